The van der Waals surface area contributed by atoms with Crippen molar-refractivity contribution in [3.05, 3.63) is 59.8 Å². The molecule has 4 nitrogen and oxygen atoms in total. The van der Waals surface area contributed by atoms with Crippen molar-refractivity contribution in [1.82, 2.24) is 15.2 Å². The average molecular weight is 274 g/mol. The zero-order valence-electron chi connectivity index (χ0n) is 11.6. The van der Waals surface area contributed by atoms with Gasteiger partial charge in [0, 0.05) is 33.8 Å². The number of hydrogen-bond acceptors (Lipinski definition) is 2. The minimum absolute atomic E-state index is 0.718. The van der Waals surface area contributed by atoms with Gasteiger partial charge in [0.1, 0.15) is 0 Å². The lowest BCUT2D eigenvalue weighted by molar-refractivity contribution is 1.11. The van der Waals surface area contributed by atoms with Crippen LogP contribution in [0.4, 0.5) is 5.82 Å². The molecule has 0 bridgehead atoms. The topological polar surface area (TPSA) is 56.8 Å². The smallest absolute Gasteiger partial charge is 0.181 e. The molecule has 4 aromatic rings. The maximum Gasteiger partial charge on any atom is 0.181 e. The molecule has 0 aliphatic carbocycles. The van der Waals surface area contributed by atoms with E-state index in [-0.39, 0.29) is 0 Å². The molecule has 0 saturated heterocycles. The van der Waals surface area contributed by atoms with E-state index < -0.39 is 0 Å². The van der Waals surface area contributed by atoms with Crippen LogP contribution in [0.25, 0.3) is 21.8 Å². The maximum atomic E-state index is 4.56. The molecule has 0 fully saturated rings. The van der Waals surface area contributed by atoms with Crippen LogP contribution in [0.1, 0.15) is 11.3 Å². The predicted octanol–water partition coefficient (Wildman–Crippen LogP) is 4.10. The summed E-state index contributed by atoms with van der Waals surface area (Å²) in [6, 6.07) is 16.2. The summed E-state index contributed by atoms with van der Waals surface area (Å²) in [5.74, 6) is 0.718. The number of nitrogens with one attached hydrogen (secondary N) is 2. The number of rotatable bonds is 2. The summed E-state index contributed by atoms with van der Waals surface area (Å²) in [5.41, 5.74) is 4.35. The minimum atomic E-state index is 0.718. The number of aromatic nitrogens is 3. The third-order valence-electron chi connectivity index (χ3n) is 3.71. The van der Waals surface area contributed by atoms with E-state index in [4.69, 9.17) is 0 Å². The molecular formula is C17H14N4. The fourth-order valence-corrected chi connectivity index (χ4v) is 2.64. The molecule has 0 spiro atoms. The normalized spacial score (nSPS) is 11.9. The molecule has 0 aliphatic heterocycles. The Balaban J connectivity index is 1.82. The first-order valence-corrected chi connectivity index (χ1v) is 6.87. The first kappa shape index (κ1) is 11.9. The second kappa shape index (κ2) is 4.59. The van der Waals surface area contributed by atoms with Gasteiger partial charge in [0.2, 0.25) is 0 Å². The third kappa shape index (κ3) is 1.92. The Hall–Kier alpha value is -2.88. The molecule has 2 heterocycles. The van der Waals surface area contributed by atoms with Gasteiger partial charge in [-0.3, -0.25) is 5.10 Å². The summed E-state index contributed by atoms with van der Waals surface area (Å²) >= 11 is 0. The van der Waals surface area contributed by atoms with Gasteiger partial charge in [-0.05, 0) is 25.1 Å². The Morgan fingerprint density at radius 1 is 0.952 bits per heavy atom. The van der Waals surface area contributed by atoms with Crippen LogP contribution in [0.15, 0.2) is 53.5 Å². The first-order chi connectivity index (χ1) is 10.3. The van der Waals surface area contributed by atoms with Crippen LogP contribution in [0.3, 0.4) is 0 Å². The Morgan fingerprint density at radius 3 is 2.52 bits per heavy atom. The first-order valence-electron chi connectivity index (χ1n) is 6.87. The van der Waals surface area contributed by atoms with E-state index >= 15 is 0 Å². The molecule has 2 aromatic carbocycles. The van der Waals surface area contributed by atoms with Crippen molar-refractivity contribution in [2.24, 2.45) is 4.99 Å². The Kier molecular flexibility index (Phi) is 2.60. The standard InChI is InChI=1S/C17H14N4/c1-11-14(12-6-2-4-8-15(12)19-11)10-18-17-13-7-3-5-9-16(13)20-21-17/h2-10,19H,1H3,(H,20,21). The predicted molar refractivity (Wildman–Crippen MR) is 86.4 cm³/mol. The monoisotopic (exact) mass is 274 g/mol. The number of fused-ring (bicyclic) bond motifs is 2. The van der Waals surface area contributed by atoms with Gasteiger partial charge in [-0.15, -0.1) is 0 Å². The number of para-hydroxylation sites is 2. The summed E-state index contributed by atoms with van der Waals surface area (Å²) in [5, 5.41) is 9.48. The lowest BCUT2D eigenvalue weighted by Crippen LogP contribution is -1.82. The second-order valence-corrected chi connectivity index (χ2v) is 5.06. The van der Waals surface area contributed by atoms with Crippen molar-refractivity contribution >= 4 is 33.8 Å². The highest BCUT2D eigenvalue weighted by atomic mass is 15.2. The number of hydrogen-bond donors (Lipinski definition) is 2. The van der Waals surface area contributed by atoms with Gasteiger partial charge in [0.15, 0.2) is 5.82 Å². The number of nitrogens with zero attached hydrogens (tertiary/aromatic N) is 2. The Labute approximate surface area is 121 Å². The zero-order valence-corrected chi connectivity index (χ0v) is 11.6. The summed E-state index contributed by atoms with van der Waals surface area (Å²) < 4.78 is 0. The molecule has 4 rings (SSSR count). The highest BCUT2D eigenvalue weighted by Crippen LogP contribution is 2.24. The summed E-state index contributed by atoms with van der Waals surface area (Å²) in [7, 11) is 0. The van der Waals surface area contributed by atoms with Crippen LogP contribution < -0.4 is 0 Å². The van der Waals surface area contributed by atoms with Crippen LogP contribution in [0.2, 0.25) is 0 Å². The number of aliphatic imine (C=N–C) groups is 1. The Bertz CT molecular complexity index is 959. The van der Waals surface area contributed by atoms with Gasteiger partial charge in [0.25, 0.3) is 0 Å². The van der Waals surface area contributed by atoms with E-state index in [9.17, 15) is 0 Å². The number of aromatic amines is 2. The molecule has 102 valence electrons. The van der Waals surface area contributed by atoms with E-state index in [1.165, 1.54) is 5.39 Å². The fourth-order valence-electron chi connectivity index (χ4n) is 2.64. The number of H-pyrrole nitrogens is 2. The zero-order chi connectivity index (χ0) is 14.2. The molecule has 0 unspecified atom stereocenters. The molecule has 21 heavy (non-hydrogen) atoms. The van der Waals surface area contributed by atoms with Gasteiger partial charge in [-0.2, -0.15) is 5.10 Å². The van der Waals surface area contributed by atoms with Crippen LogP contribution in [0.5, 0.6) is 0 Å². The molecule has 0 amide bonds. The lowest BCUT2D eigenvalue weighted by atomic mass is 10.1. The second-order valence-electron chi connectivity index (χ2n) is 5.06. The number of benzene rings is 2. The van der Waals surface area contributed by atoms with E-state index in [0.29, 0.717) is 0 Å². The van der Waals surface area contributed by atoms with Crippen molar-refractivity contribution in [2.75, 3.05) is 0 Å². The van der Waals surface area contributed by atoms with Gasteiger partial charge in [0.05, 0.1) is 5.52 Å². The van der Waals surface area contributed by atoms with E-state index in [1.54, 1.807) is 0 Å². The summed E-state index contributed by atoms with van der Waals surface area (Å²) in [6.45, 7) is 2.06. The lowest BCUT2D eigenvalue weighted by Gasteiger charge is -1.93. The largest absolute Gasteiger partial charge is 0.358 e. The van der Waals surface area contributed by atoms with E-state index in [1.807, 2.05) is 42.6 Å². The van der Waals surface area contributed by atoms with Gasteiger partial charge < -0.3 is 4.98 Å². The highest BCUT2D eigenvalue weighted by Gasteiger charge is 2.06. The molecule has 0 atom stereocenters. The molecule has 0 aliphatic rings. The van der Waals surface area contributed by atoms with Gasteiger partial charge >= 0.3 is 0 Å². The number of aryl methyl sites for hydroxylation is 1. The van der Waals surface area contributed by atoms with Crippen molar-refractivity contribution in [3.8, 4) is 0 Å². The molecule has 4 heteroatoms. The van der Waals surface area contributed by atoms with Crippen molar-refractivity contribution in [3.63, 3.8) is 0 Å². The summed E-state index contributed by atoms with van der Waals surface area (Å²) in [6.07, 6.45) is 1.89. The molecule has 2 N–H and O–H groups in total. The average Bonchev–Trinajstić information content (AvgIpc) is 3.06. The SMILES string of the molecule is Cc1[nH]c2ccccc2c1C=Nc1n[nH]c2ccccc12. The molecule has 0 saturated carbocycles. The van der Waals surface area contributed by atoms with Crippen molar-refractivity contribution in [1.29, 1.82) is 0 Å². The van der Waals surface area contributed by atoms with Gasteiger partial charge in [-0.1, -0.05) is 30.3 Å². The van der Waals surface area contributed by atoms with E-state index in [2.05, 4.69) is 39.2 Å². The molecule has 2 aromatic heterocycles. The minimum Gasteiger partial charge on any atom is -0.358 e. The van der Waals surface area contributed by atoms with Crippen molar-refractivity contribution in [2.45, 2.75) is 6.92 Å². The van der Waals surface area contributed by atoms with Crippen LogP contribution >= 0.6 is 0 Å². The quantitative estimate of drug-likeness (QED) is 0.531. The van der Waals surface area contributed by atoms with Crippen LogP contribution in [0, 0.1) is 6.92 Å². The summed E-state index contributed by atoms with van der Waals surface area (Å²) in [4.78, 5) is 7.94. The van der Waals surface area contributed by atoms with Crippen molar-refractivity contribution < 1.29 is 0 Å². The van der Waals surface area contributed by atoms with Crippen LogP contribution in [-0.2, 0) is 0 Å². The third-order valence-corrected chi connectivity index (χ3v) is 3.71. The molecular weight excluding hydrogens is 260 g/mol. The molecule has 0 radical (unpaired) electrons. The maximum absolute atomic E-state index is 4.56. The van der Waals surface area contributed by atoms with Crippen LogP contribution in [-0.4, -0.2) is 21.4 Å². The van der Waals surface area contributed by atoms with Gasteiger partial charge in [-0.25, -0.2) is 4.99 Å². The van der Waals surface area contributed by atoms with E-state index in [0.717, 1.165) is 33.5 Å². The Morgan fingerprint density at radius 2 is 1.67 bits per heavy atom. The highest BCUT2D eigenvalue weighted by molar-refractivity contribution is 6.02. The fraction of sp³-hybridized carbons (Fsp3) is 0.0588.